The number of carbonyl (C=O) groups excluding carboxylic acids is 1. The maximum absolute atomic E-state index is 12.4. The van der Waals surface area contributed by atoms with E-state index in [0.29, 0.717) is 5.41 Å². The van der Waals surface area contributed by atoms with E-state index < -0.39 is 5.41 Å². The zero-order chi connectivity index (χ0) is 14.5. The van der Waals surface area contributed by atoms with E-state index in [-0.39, 0.29) is 5.91 Å². The van der Waals surface area contributed by atoms with Crippen LogP contribution in [0.25, 0.3) is 0 Å². The van der Waals surface area contributed by atoms with Crippen LogP contribution >= 0.6 is 0 Å². The molecule has 4 aliphatic rings. The molecule has 4 fully saturated rings. The number of hydrogen-bond acceptors (Lipinski definition) is 2. The molecular weight excluding hydrogens is 248 g/mol. The van der Waals surface area contributed by atoms with Crippen molar-refractivity contribution < 1.29 is 4.79 Å². The maximum atomic E-state index is 12.4. The van der Waals surface area contributed by atoms with Crippen molar-refractivity contribution in [2.45, 2.75) is 52.4 Å². The van der Waals surface area contributed by atoms with Crippen LogP contribution in [0.15, 0.2) is 0 Å². The van der Waals surface area contributed by atoms with E-state index >= 15 is 0 Å². The highest BCUT2D eigenvalue weighted by Crippen LogP contribution is 2.60. The first-order valence-electron chi connectivity index (χ1n) is 8.00. The first-order chi connectivity index (χ1) is 9.33. The molecule has 0 aromatic rings. The highest BCUT2D eigenvalue weighted by atomic mass is 16.2. The van der Waals surface area contributed by atoms with Gasteiger partial charge < -0.3 is 4.90 Å². The van der Waals surface area contributed by atoms with Crippen LogP contribution < -0.4 is 0 Å². The van der Waals surface area contributed by atoms with Crippen molar-refractivity contribution in [3.63, 3.8) is 0 Å². The van der Waals surface area contributed by atoms with Crippen molar-refractivity contribution in [1.29, 1.82) is 5.26 Å². The average Bonchev–Trinajstić information content (AvgIpc) is 2.35. The van der Waals surface area contributed by atoms with Crippen molar-refractivity contribution in [3.8, 4) is 6.07 Å². The van der Waals surface area contributed by atoms with E-state index in [1.54, 1.807) is 13.8 Å². The van der Waals surface area contributed by atoms with Crippen LogP contribution in [0, 0.1) is 39.9 Å². The molecule has 0 aromatic heterocycles. The van der Waals surface area contributed by atoms with Gasteiger partial charge in [0, 0.05) is 13.6 Å². The molecule has 0 unspecified atom stereocenters. The molecule has 0 aliphatic heterocycles. The molecule has 0 radical (unpaired) electrons. The van der Waals surface area contributed by atoms with E-state index in [1.807, 2.05) is 11.9 Å². The third-order valence-electron chi connectivity index (χ3n) is 5.90. The van der Waals surface area contributed by atoms with E-state index in [4.69, 9.17) is 5.26 Å². The fourth-order valence-electron chi connectivity index (χ4n) is 5.58. The Hall–Kier alpha value is -1.04. The Morgan fingerprint density at radius 2 is 1.65 bits per heavy atom. The lowest BCUT2D eigenvalue weighted by atomic mass is 9.49. The van der Waals surface area contributed by atoms with Crippen LogP contribution in [0.4, 0.5) is 0 Å². The summed E-state index contributed by atoms with van der Waals surface area (Å²) in [6.45, 7) is 4.32. The van der Waals surface area contributed by atoms with Gasteiger partial charge in [-0.15, -0.1) is 0 Å². The molecule has 0 N–H and O–H groups in total. The molecule has 4 bridgehead atoms. The molecule has 110 valence electrons. The van der Waals surface area contributed by atoms with Gasteiger partial charge >= 0.3 is 0 Å². The predicted molar refractivity (Wildman–Crippen MR) is 77.6 cm³/mol. The van der Waals surface area contributed by atoms with Crippen LogP contribution in [0.3, 0.4) is 0 Å². The monoisotopic (exact) mass is 274 g/mol. The zero-order valence-electron chi connectivity index (χ0n) is 13.0. The lowest BCUT2D eigenvalue weighted by Gasteiger charge is -2.57. The first kappa shape index (κ1) is 13.9. The van der Waals surface area contributed by atoms with Crippen molar-refractivity contribution in [3.05, 3.63) is 0 Å². The predicted octanol–water partition coefficient (Wildman–Crippen LogP) is 3.21. The lowest BCUT2D eigenvalue weighted by Crippen LogP contribution is -2.52. The molecule has 4 aliphatic carbocycles. The molecule has 0 heterocycles. The van der Waals surface area contributed by atoms with Gasteiger partial charge in [-0.2, -0.15) is 5.26 Å². The number of nitrogens with zero attached hydrogens (tertiary/aromatic N) is 2. The van der Waals surface area contributed by atoms with Crippen LogP contribution in [-0.4, -0.2) is 24.4 Å². The molecule has 4 saturated carbocycles. The minimum absolute atomic E-state index is 0.0178. The van der Waals surface area contributed by atoms with E-state index in [0.717, 1.165) is 24.3 Å². The Balaban J connectivity index is 1.72. The fraction of sp³-hybridized carbons (Fsp3) is 0.882. The summed E-state index contributed by atoms with van der Waals surface area (Å²) in [6.07, 6.45) is 8.22. The Bertz CT molecular complexity index is 425. The van der Waals surface area contributed by atoms with E-state index in [9.17, 15) is 4.79 Å². The second-order valence-corrected chi connectivity index (χ2v) is 8.32. The minimum Gasteiger partial charge on any atom is -0.344 e. The largest absolute Gasteiger partial charge is 0.344 e. The van der Waals surface area contributed by atoms with Crippen molar-refractivity contribution >= 4 is 5.91 Å². The number of nitriles is 1. The topological polar surface area (TPSA) is 44.1 Å². The van der Waals surface area contributed by atoms with Gasteiger partial charge in [0.15, 0.2) is 0 Å². The third-order valence-corrected chi connectivity index (χ3v) is 5.90. The molecule has 1 amide bonds. The molecule has 3 heteroatoms. The Labute approximate surface area is 122 Å². The van der Waals surface area contributed by atoms with Gasteiger partial charge in [0.1, 0.15) is 5.41 Å². The second kappa shape index (κ2) is 4.48. The van der Waals surface area contributed by atoms with Gasteiger partial charge in [0.05, 0.1) is 6.07 Å². The Morgan fingerprint density at radius 3 is 2.05 bits per heavy atom. The first-order valence-corrected chi connectivity index (χ1v) is 8.00. The summed E-state index contributed by atoms with van der Waals surface area (Å²) in [6, 6.07) is 2.14. The summed E-state index contributed by atoms with van der Waals surface area (Å²) < 4.78 is 0. The van der Waals surface area contributed by atoms with Crippen molar-refractivity contribution in [2.24, 2.45) is 28.6 Å². The zero-order valence-corrected chi connectivity index (χ0v) is 13.0. The molecule has 0 saturated heterocycles. The highest BCUT2D eigenvalue weighted by Gasteiger charge is 2.51. The van der Waals surface area contributed by atoms with Crippen LogP contribution in [0.5, 0.6) is 0 Å². The number of carbonyl (C=O) groups is 1. The van der Waals surface area contributed by atoms with E-state index in [2.05, 4.69) is 6.07 Å². The Kier molecular flexibility index (Phi) is 3.12. The lowest BCUT2D eigenvalue weighted by molar-refractivity contribution is -0.141. The number of hydrogen-bond donors (Lipinski definition) is 0. The molecule has 3 nitrogen and oxygen atoms in total. The molecule has 20 heavy (non-hydrogen) atoms. The minimum atomic E-state index is -0.892. The smallest absolute Gasteiger partial charge is 0.242 e. The molecule has 0 spiro atoms. The standard InChI is InChI=1S/C17H26N2O/c1-16(2,10-18)15(20)19(3)11-17-7-12-4-13(8-17)6-14(5-12)9-17/h12-14H,4-9,11H2,1-3H3. The Morgan fingerprint density at radius 1 is 1.20 bits per heavy atom. The quantitative estimate of drug-likeness (QED) is 0.793. The summed E-state index contributed by atoms with van der Waals surface area (Å²) in [5, 5.41) is 9.15. The molecular formula is C17H26N2O. The fourth-order valence-corrected chi connectivity index (χ4v) is 5.58. The molecule has 0 aromatic carbocycles. The van der Waals surface area contributed by atoms with Crippen LogP contribution in [-0.2, 0) is 4.79 Å². The number of amides is 1. The summed E-state index contributed by atoms with van der Waals surface area (Å²) in [5.74, 6) is 2.71. The van der Waals surface area contributed by atoms with Crippen LogP contribution in [0.2, 0.25) is 0 Å². The highest BCUT2D eigenvalue weighted by molar-refractivity contribution is 5.84. The van der Waals surface area contributed by atoms with Gasteiger partial charge in [0.25, 0.3) is 0 Å². The average molecular weight is 274 g/mol. The molecule has 0 atom stereocenters. The van der Waals surface area contributed by atoms with Gasteiger partial charge in [-0.1, -0.05) is 0 Å². The van der Waals surface area contributed by atoms with Gasteiger partial charge in [-0.05, 0) is 75.5 Å². The summed E-state index contributed by atoms with van der Waals surface area (Å²) >= 11 is 0. The normalized spacial score (nSPS) is 38.6. The van der Waals surface area contributed by atoms with Gasteiger partial charge in [-0.25, -0.2) is 0 Å². The molecule has 4 rings (SSSR count). The van der Waals surface area contributed by atoms with Crippen molar-refractivity contribution in [1.82, 2.24) is 4.90 Å². The SMILES string of the molecule is CN(CC12CC3CC(CC(C3)C1)C2)C(=O)C(C)(C)C#N. The summed E-state index contributed by atoms with van der Waals surface area (Å²) in [7, 11) is 1.89. The van der Waals surface area contributed by atoms with Gasteiger partial charge in [-0.3, -0.25) is 4.79 Å². The summed E-state index contributed by atoms with van der Waals surface area (Å²) in [4.78, 5) is 14.3. The second-order valence-electron chi connectivity index (χ2n) is 8.32. The third kappa shape index (κ3) is 2.24. The van der Waals surface area contributed by atoms with E-state index in [1.165, 1.54) is 38.5 Å². The van der Waals surface area contributed by atoms with Crippen molar-refractivity contribution in [2.75, 3.05) is 13.6 Å². The van der Waals surface area contributed by atoms with Crippen LogP contribution in [0.1, 0.15) is 52.4 Å². The summed E-state index contributed by atoms with van der Waals surface area (Å²) in [5.41, 5.74) is -0.526. The number of rotatable bonds is 3. The van der Waals surface area contributed by atoms with Gasteiger partial charge in [0.2, 0.25) is 5.91 Å². The maximum Gasteiger partial charge on any atom is 0.242 e.